The lowest BCUT2D eigenvalue weighted by Crippen LogP contribution is -2.21. The summed E-state index contributed by atoms with van der Waals surface area (Å²) in [6, 6.07) is 7.17. The number of hydrogen-bond acceptors (Lipinski definition) is 4. The third kappa shape index (κ3) is 4.07. The molecule has 0 spiro atoms. The molecule has 0 atom stereocenters. The predicted molar refractivity (Wildman–Crippen MR) is 67.4 cm³/mol. The maximum atomic E-state index is 11.5. The van der Waals surface area contributed by atoms with E-state index in [9.17, 15) is 4.79 Å². The number of likely N-dealkylation sites (N-methyl/N-ethyl adjacent to an activating group) is 1. The highest BCUT2D eigenvalue weighted by molar-refractivity contribution is 5.89. The van der Waals surface area contributed by atoms with Gasteiger partial charge in [0.05, 0.1) is 18.8 Å². The van der Waals surface area contributed by atoms with Crippen molar-refractivity contribution in [2.45, 2.75) is 13.3 Å². The number of ether oxygens (including phenoxy) is 1. The molecule has 4 nitrogen and oxygen atoms in total. The van der Waals surface area contributed by atoms with Crippen molar-refractivity contribution in [3.63, 3.8) is 0 Å². The minimum Gasteiger partial charge on any atom is -0.462 e. The molecular formula is C13H19NO3. The van der Waals surface area contributed by atoms with Gasteiger partial charge in [0.25, 0.3) is 0 Å². The van der Waals surface area contributed by atoms with E-state index in [2.05, 4.69) is 0 Å². The Morgan fingerprint density at radius 2 is 2.00 bits per heavy atom. The molecule has 94 valence electrons. The number of anilines is 1. The van der Waals surface area contributed by atoms with E-state index in [-0.39, 0.29) is 12.6 Å². The summed E-state index contributed by atoms with van der Waals surface area (Å²) >= 11 is 0. The minimum atomic E-state index is -0.289. The van der Waals surface area contributed by atoms with Crippen LogP contribution in [-0.4, -0.2) is 37.9 Å². The van der Waals surface area contributed by atoms with Crippen molar-refractivity contribution in [1.82, 2.24) is 0 Å². The zero-order valence-electron chi connectivity index (χ0n) is 10.3. The van der Waals surface area contributed by atoms with Crippen molar-refractivity contribution in [2.75, 3.05) is 31.7 Å². The number of esters is 1. The van der Waals surface area contributed by atoms with Crippen LogP contribution in [0.25, 0.3) is 0 Å². The molecule has 0 radical (unpaired) electrons. The highest BCUT2D eigenvalue weighted by Crippen LogP contribution is 2.14. The van der Waals surface area contributed by atoms with Crippen LogP contribution in [0.1, 0.15) is 23.7 Å². The van der Waals surface area contributed by atoms with Crippen LogP contribution in [0.3, 0.4) is 0 Å². The Morgan fingerprint density at radius 3 is 2.53 bits per heavy atom. The molecule has 0 amide bonds. The Labute approximate surface area is 102 Å². The zero-order chi connectivity index (χ0) is 12.7. The summed E-state index contributed by atoms with van der Waals surface area (Å²) in [6.45, 7) is 3.08. The zero-order valence-corrected chi connectivity index (χ0v) is 10.3. The number of carbonyl (C=O) groups excluding carboxylic acids is 1. The van der Waals surface area contributed by atoms with E-state index in [1.54, 1.807) is 12.1 Å². The first kappa shape index (κ1) is 13.5. The predicted octanol–water partition coefficient (Wildman–Crippen LogP) is 1.68. The van der Waals surface area contributed by atoms with Gasteiger partial charge in [-0.15, -0.1) is 0 Å². The van der Waals surface area contributed by atoms with Crippen molar-refractivity contribution in [1.29, 1.82) is 0 Å². The highest BCUT2D eigenvalue weighted by Gasteiger charge is 2.07. The SMILES string of the molecule is CCCOC(=O)c1ccc(N(C)CCO)cc1. The van der Waals surface area contributed by atoms with E-state index in [1.807, 2.05) is 31.0 Å². The van der Waals surface area contributed by atoms with Gasteiger partial charge in [-0.05, 0) is 30.7 Å². The fraction of sp³-hybridized carbons (Fsp3) is 0.462. The molecule has 1 aromatic rings. The molecule has 0 saturated carbocycles. The number of aliphatic hydroxyl groups is 1. The molecule has 17 heavy (non-hydrogen) atoms. The van der Waals surface area contributed by atoms with E-state index < -0.39 is 0 Å². The molecule has 1 rings (SSSR count). The molecule has 0 fully saturated rings. The second kappa shape index (κ2) is 6.91. The first-order chi connectivity index (χ1) is 8.19. The maximum Gasteiger partial charge on any atom is 0.338 e. The molecule has 0 heterocycles. The number of aliphatic hydroxyl groups excluding tert-OH is 1. The van der Waals surface area contributed by atoms with Crippen LogP contribution in [0.4, 0.5) is 5.69 Å². The maximum absolute atomic E-state index is 11.5. The van der Waals surface area contributed by atoms with E-state index in [4.69, 9.17) is 9.84 Å². The van der Waals surface area contributed by atoms with Crippen LogP contribution in [0, 0.1) is 0 Å². The summed E-state index contributed by atoms with van der Waals surface area (Å²) < 4.78 is 5.03. The van der Waals surface area contributed by atoms with Crippen LogP contribution in [0.15, 0.2) is 24.3 Å². The molecule has 1 N–H and O–H groups in total. The van der Waals surface area contributed by atoms with E-state index in [1.165, 1.54) is 0 Å². The molecule has 0 aliphatic heterocycles. The Hall–Kier alpha value is -1.55. The summed E-state index contributed by atoms with van der Waals surface area (Å²) in [7, 11) is 1.89. The number of benzene rings is 1. The number of hydrogen-bond donors (Lipinski definition) is 1. The van der Waals surface area contributed by atoms with Crippen LogP contribution in [0.5, 0.6) is 0 Å². The smallest absolute Gasteiger partial charge is 0.338 e. The third-order valence-electron chi connectivity index (χ3n) is 2.42. The monoisotopic (exact) mass is 237 g/mol. The molecule has 0 aliphatic rings. The summed E-state index contributed by atoms with van der Waals surface area (Å²) in [5.74, 6) is -0.289. The molecule has 0 aliphatic carbocycles. The quantitative estimate of drug-likeness (QED) is 0.765. The van der Waals surface area contributed by atoms with Gasteiger partial charge < -0.3 is 14.7 Å². The number of carbonyl (C=O) groups is 1. The van der Waals surface area contributed by atoms with Crippen molar-refractivity contribution in [3.8, 4) is 0 Å². The van der Waals surface area contributed by atoms with Gasteiger partial charge in [-0.25, -0.2) is 4.79 Å². The second-order valence-electron chi connectivity index (χ2n) is 3.83. The second-order valence-corrected chi connectivity index (χ2v) is 3.83. The van der Waals surface area contributed by atoms with Crippen molar-refractivity contribution in [2.24, 2.45) is 0 Å². The van der Waals surface area contributed by atoms with Crippen molar-refractivity contribution < 1.29 is 14.6 Å². The summed E-state index contributed by atoms with van der Waals surface area (Å²) in [6.07, 6.45) is 0.822. The molecule has 0 bridgehead atoms. The van der Waals surface area contributed by atoms with Crippen LogP contribution in [0.2, 0.25) is 0 Å². The Bertz CT molecular complexity index is 348. The first-order valence-corrected chi connectivity index (χ1v) is 5.78. The van der Waals surface area contributed by atoms with E-state index in [0.717, 1.165) is 12.1 Å². The average molecular weight is 237 g/mol. The Kier molecular flexibility index (Phi) is 5.49. The van der Waals surface area contributed by atoms with Gasteiger partial charge >= 0.3 is 5.97 Å². The fourth-order valence-corrected chi connectivity index (χ4v) is 1.41. The summed E-state index contributed by atoms with van der Waals surface area (Å²) in [5, 5.41) is 8.82. The molecule has 0 aromatic heterocycles. The van der Waals surface area contributed by atoms with Crippen molar-refractivity contribution in [3.05, 3.63) is 29.8 Å². The standard InChI is InChI=1S/C13H19NO3/c1-3-10-17-13(16)11-4-6-12(7-5-11)14(2)8-9-15/h4-7,15H,3,8-10H2,1-2H3. The normalized spacial score (nSPS) is 10.1. The third-order valence-corrected chi connectivity index (χ3v) is 2.42. The fourth-order valence-electron chi connectivity index (χ4n) is 1.41. The highest BCUT2D eigenvalue weighted by atomic mass is 16.5. The molecular weight excluding hydrogens is 218 g/mol. The van der Waals surface area contributed by atoms with Crippen LogP contribution in [-0.2, 0) is 4.74 Å². The van der Waals surface area contributed by atoms with Gasteiger partial charge in [0.1, 0.15) is 0 Å². The first-order valence-electron chi connectivity index (χ1n) is 5.78. The Morgan fingerprint density at radius 1 is 1.35 bits per heavy atom. The number of nitrogens with zero attached hydrogens (tertiary/aromatic N) is 1. The largest absolute Gasteiger partial charge is 0.462 e. The van der Waals surface area contributed by atoms with E-state index >= 15 is 0 Å². The topological polar surface area (TPSA) is 49.8 Å². The van der Waals surface area contributed by atoms with Gasteiger partial charge in [-0.3, -0.25) is 0 Å². The molecule has 4 heteroatoms. The van der Waals surface area contributed by atoms with Gasteiger partial charge in [-0.2, -0.15) is 0 Å². The van der Waals surface area contributed by atoms with Gasteiger partial charge in [0, 0.05) is 19.3 Å². The van der Waals surface area contributed by atoms with Crippen molar-refractivity contribution >= 4 is 11.7 Å². The average Bonchev–Trinajstić information content (AvgIpc) is 2.36. The van der Waals surface area contributed by atoms with E-state index in [0.29, 0.717) is 18.7 Å². The lowest BCUT2D eigenvalue weighted by atomic mass is 10.2. The molecule has 1 aromatic carbocycles. The van der Waals surface area contributed by atoms with Crippen LogP contribution >= 0.6 is 0 Å². The van der Waals surface area contributed by atoms with Gasteiger partial charge in [0.2, 0.25) is 0 Å². The molecule has 0 saturated heterocycles. The lowest BCUT2D eigenvalue weighted by Gasteiger charge is -2.17. The molecule has 0 unspecified atom stereocenters. The summed E-state index contributed by atoms with van der Waals surface area (Å²) in [5.41, 5.74) is 1.52. The minimum absolute atomic E-state index is 0.108. The summed E-state index contributed by atoms with van der Waals surface area (Å²) in [4.78, 5) is 13.5. The van der Waals surface area contributed by atoms with Crippen LogP contribution < -0.4 is 4.90 Å². The van der Waals surface area contributed by atoms with Gasteiger partial charge in [-0.1, -0.05) is 6.92 Å². The Balaban J connectivity index is 2.64. The number of rotatable bonds is 6. The van der Waals surface area contributed by atoms with Gasteiger partial charge in [0.15, 0.2) is 0 Å². The lowest BCUT2D eigenvalue weighted by molar-refractivity contribution is 0.0505.